The summed E-state index contributed by atoms with van der Waals surface area (Å²) >= 11 is 6.83. The highest BCUT2D eigenvalue weighted by Crippen LogP contribution is 2.42. The summed E-state index contributed by atoms with van der Waals surface area (Å²) in [7, 11) is -6.84. The van der Waals surface area contributed by atoms with Crippen LogP contribution in [0.25, 0.3) is 0 Å². The first-order valence-corrected chi connectivity index (χ1v) is 9.61. The molecule has 0 aliphatic carbocycles. The van der Waals surface area contributed by atoms with E-state index >= 15 is 0 Å². The Labute approximate surface area is 109 Å². The van der Waals surface area contributed by atoms with E-state index in [4.69, 9.17) is 0 Å². The predicted octanol–water partition coefficient (Wildman–Crippen LogP) is 2.08. The molecule has 4 nitrogen and oxygen atoms in total. The minimum absolute atomic E-state index is 0.00907. The molecule has 0 amide bonds. The second-order valence-electron chi connectivity index (χ2n) is 2.85. The summed E-state index contributed by atoms with van der Waals surface area (Å²) in [5.41, 5.74) is 0. The molecule has 0 fully saturated rings. The molecule has 0 unspecified atom stereocenters. The van der Waals surface area contributed by atoms with Crippen molar-refractivity contribution in [1.29, 1.82) is 0 Å². The summed E-state index contributed by atoms with van der Waals surface area (Å²) in [5, 5.41) is 0. The van der Waals surface area contributed by atoms with Crippen molar-refractivity contribution in [3.8, 4) is 0 Å². The van der Waals surface area contributed by atoms with Crippen LogP contribution in [-0.2, 0) is 19.7 Å². The van der Waals surface area contributed by atoms with E-state index in [9.17, 15) is 16.8 Å². The number of thiophene rings is 1. The molecular weight excluding hydrogens is 392 g/mol. The van der Waals surface area contributed by atoms with Crippen LogP contribution < -0.4 is 0 Å². The molecule has 0 radical (unpaired) electrons. The molecule has 9 heteroatoms. The topological polar surface area (TPSA) is 68.3 Å². The fourth-order valence-corrected chi connectivity index (χ4v) is 7.28. The molecule has 1 aromatic rings. The number of sulfone groups is 2. The number of halogens is 2. The Kier molecular flexibility index (Phi) is 3.72. The third kappa shape index (κ3) is 2.82. The van der Waals surface area contributed by atoms with E-state index in [0.29, 0.717) is 0 Å². The Balaban J connectivity index is 3.67. The van der Waals surface area contributed by atoms with Gasteiger partial charge in [-0.2, -0.15) is 0 Å². The number of hydrogen-bond donors (Lipinski definition) is 0. The van der Waals surface area contributed by atoms with Crippen molar-refractivity contribution in [2.45, 2.75) is 8.42 Å². The lowest BCUT2D eigenvalue weighted by Crippen LogP contribution is -1.94. The summed E-state index contributed by atoms with van der Waals surface area (Å²) < 4.78 is 45.8. The number of rotatable bonds is 2. The zero-order valence-electron chi connectivity index (χ0n) is 7.61. The maximum Gasteiger partial charge on any atom is 0.186 e. The molecule has 0 aromatic carbocycles. The van der Waals surface area contributed by atoms with Gasteiger partial charge in [-0.05, 0) is 31.9 Å². The van der Waals surface area contributed by atoms with E-state index < -0.39 is 19.7 Å². The first kappa shape index (κ1) is 13.6. The third-order valence-electron chi connectivity index (χ3n) is 1.41. The summed E-state index contributed by atoms with van der Waals surface area (Å²) in [6.45, 7) is 0. The van der Waals surface area contributed by atoms with Crippen LogP contribution in [0.3, 0.4) is 0 Å². The summed E-state index contributed by atoms with van der Waals surface area (Å²) in [5.74, 6) is 0. The molecule has 0 aliphatic rings. The van der Waals surface area contributed by atoms with Gasteiger partial charge in [0.1, 0.15) is 8.42 Å². The van der Waals surface area contributed by atoms with Crippen LogP contribution >= 0.6 is 43.2 Å². The monoisotopic (exact) mass is 396 g/mol. The highest BCUT2D eigenvalue weighted by atomic mass is 79.9. The van der Waals surface area contributed by atoms with Gasteiger partial charge in [-0.25, -0.2) is 16.8 Å². The molecule has 0 bridgehead atoms. The van der Waals surface area contributed by atoms with Crippen molar-refractivity contribution in [2.75, 3.05) is 12.5 Å². The maximum absolute atomic E-state index is 11.3. The van der Waals surface area contributed by atoms with E-state index in [1.165, 1.54) is 0 Å². The quantitative estimate of drug-likeness (QED) is 0.765. The van der Waals surface area contributed by atoms with Gasteiger partial charge >= 0.3 is 0 Å². The van der Waals surface area contributed by atoms with Gasteiger partial charge in [-0.1, -0.05) is 0 Å². The fourth-order valence-electron chi connectivity index (χ4n) is 0.830. The first-order valence-electron chi connectivity index (χ1n) is 3.43. The zero-order chi connectivity index (χ0) is 12.0. The largest absolute Gasteiger partial charge is 0.223 e. The smallest absolute Gasteiger partial charge is 0.186 e. The highest BCUT2D eigenvalue weighted by molar-refractivity contribution is 9.13. The molecule has 0 saturated heterocycles. The van der Waals surface area contributed by atoms with Crippen LogP contribution in [0.15, 0.2) is 17.4 Å². The molecule has 1 heterocycles. The Morgan fingerprint density at radius 3 is 1.27 bits per heavy atom. The van der Waals surface area contributed by atoms with Crippen molar-refractivity contribution >= 4 is 62.9 Å². The average Bonchev–Trinajstić information content (AvgIpc) is 2.26. The van der Waals surface area contributed by atoms with Gasteiger partial charge in [-0.3, -0.25) is 0 Å². The molecule has 0 aliphatic heterocycles. The van der Waals surface area contributed by atoms with Crippen molar-refractivity contribution in [2.24, 2.45) is 0 Å². The molecule has 1 aromatic heterocycles. The van der Waals surface area contributed by atoms with Crippen LogP contribution in [0.5, 0.6) is 0 Å². The van der Waals surface area contributed by atoms with Gasteiger partial charge in [-0.15, -0.1) is 11.3 Å². The predicted molar refractivity (Wildman–Crippen MR) is 65.9 cm³/mol. The maximum atomic E-state index is 11.3. The molecule has 0 N–H and O–H groups in total. The third-order valence-corrected chi connectivity index (χ3v) is 9.43. The van der Waals surface area contributed by atoms with Gasteiger partial charge in [0, 0.05) is 12.5 Å². The normalized spacial score (nSPS) is 13.1. The second-order valence-corrected chi connectivity index (χ2v) is 9.88. The lowest BCUT2D eigenvalue weighted by molar-refractivity contribution is 0.601. The van der Waals surface area contributed by atoms with Crippen LogP contribution in [0, 0.1) is 0 Å². The van der Waals surface area contributed by atoms with E-state index in [2.05, 4.69) is 31.9 Å². The minimum Gasteiger partial charge on any atom is -0.223 e. The minimum atomic E-state index is -3.42. The van der Waals surface area contributed by atoms with E-state index in [0.717, 1.165) is 23.8 Å². The van der Waals surface area contributed by atoms with Gasteiger partial charge in [0.15, 0.2) is 19.7 Å². The fraction of sp³-hybridized carbons (Fsp3) is 0.333. The SMILES string of the molecule is CS(=O)(=O)c1sc(S(C)(=O)=O)c(Br)c1Br. The molecule has 15 heavy (non-hydrogen) atoms. The van der Waals surface area contributed by atoms with Crippen LogP contribution in [0.1, 0.15) is 0 Å². The van der Waals surface area contributed by atoms with Crippen molar-refractivity contribution in [3.05, 3.63) is 8.95 Å². The Morgan fingerprint density at radius 1 is 0.867 bits per heavy atom. The van der Waals surface area contributed by atoms with Crippen LogP contribution in [-0.4, -0.2) is 29.3 Å². The second kappa shape index (κ2) is 4.10. The Morgan fingerprint density at radius 2 is 1.13 bits per heavy atom. The zero-order valence-corrected chi connectivity index (χ0v) is 13.2. The van der Waals surface area contributed by atoms with E-state index in [1.807, 2.05) is 0 Å². The van der Waals surface area contributed by atoms with E-state index in [1.54, 1.807) is 0 Å². The lowest BCUT2D eigenvalue weighted by Gasteiger charge is -1.92. The van der Waals surface area contributed by atoms with Crippen molar-refractivity contribution in [1.82, 2.24) is 0 Å². The van der Waals surface area contributed by atoms with Gasteiger partial charge in [0.05, 0.1) is 8.95 Å². The molecule has 0 atom stereocenters. The number of hydrogen-bond acceptors (Lipinski definition) is 5. The average molecular weight is 398 g/mol. The Bertz CT molecular complexity index is 544. The standard InChI is InChI=1S/C6H6Br2O4S3/c1-14(9,10)5-3(7)4(8)6(13-5)15(2,11)12/h1-2H3. The van der Waals surface area contributed by atoms with Gasteiger partial charge in [0.25, 0.3) is 0 Å². The summed E-state index contributed by atoms with van der Waals surface area (Å²) in [6, 6.07) is 0. The van der Waals surface area contributed by atoms with E-state index in [-0.39, 0.29) is 17.4 Å². The molecule has 86 valence electrons. The van der Waals surface area contributed by atoms with Crippen LogP contribution in [0.2, 0.25) is 0 Å². The lowest BCUT2D eigenvalue weighted by atomic mass is 10.7. The Hall–Kier alpha value is 0.560. The summed E-state index contributed by atoms with van der Waals surface area (Å²) in [4.78, 5) is 0. The summed E-state index contributed by atoms with van der Waals surface area (Å²) in [6.07, 6.45) is 2.06. The molecule has 0 saturated carbocycles. The van der Waals surface area contributed by atoms with Gasteiger partial charge < -0.3 is 0 Å². The van der Waals surface area contributed by atoms with Crippen molar-refractivity contribution in [3.63, 3.8) is 0 Å². The molecular formula is C6H6Br2O4S3. The van der Waals surface area contributed by atoms with Crippen LogP contribution in [0.4, 0.5) is 0 Å². The van der Waals surface area contributed by atoms with Gasteiger partial charge in [0.2, 0.25) is 0 Å². The van der Waals surface area contributed by atoms with Crippen molar-refractivity contribution < 1.29 is 16.8 Å². The molecule has 0 spiro atoms. The highest BCUT2D eigenvalue weighted by Gasteiger charge is 2.26. The molecule has 1 rings (SSSR count). The first-order chi connectivity index (χ1) is 6.55.